The van der Waals surface area contributed by atoms with E-state index < -0.39 is 34.5 Å². The lowest BCUT2D eigenvalue weighted by atomic mass is 9.95. The molecule has 0 saturated heterocycles. The SMILES string of the molecule is N=CC(C=N)c1cc(C(F)(F)F)c2[nH]c(C(=O)NCCc3ccccc3)cc(=O)c2c1. The molecule has 1 heterocycles. The summed E-state index contributed by atoms with van der Waals surface area (Å²) < 4.78 is 41.1. The number of aromatic amines is 1. The number of rotatable bonds is 7. The smallest absolute Gasteiger partial charge is 0.350 e. The Labute approximate surface area is 175 Å². The lowest BCUT2D eigenvalue weighted by Crippen LogP contribution is -2.28. The topological polar surface area (TPSA) is 110 Å². The zero-order chi connectivity index (χ0) is 22.6. The summed E-state index contributed by atoms with van der Waals surface area (Å²) in [4.78, 5) is 27.4. The summed E-state index contributed by atoms with van der Waals surface area (Å²) in [5, 5.41) is 16.9. The van der Waals surface area contributed by atoms with Crippen LogP contribution in [0.1, 0.15) is 33.1 Å². The summed E-state index contributed by atoms with van der Waals surface area (Å²) in [6.07, 6.45) is -2.65. The molecule has 3 rings (SSSR count). The summed E-state index contributed by atoms with van der Waals surface area (Å²) in [6.45, 7) is 0.244. The zero-order valence-electron chi connectivity index (χ0n) is 16.2. The van der Waals surface area contributed by atoms with Gasteiger partial charge in [-0.15, -0.1) is 0 Å². The van der Waals surface area contributed by atoms with E-state index in [1.807, 2.05) is 30.3 Å². The number of carbonyl (C=O) groups is 1. The van der Waals surface area contributed by atoms with Gasteiger partial charge in [0.15, 0.2) is 5.43 Å². The first-order chi connectivity index (χ1) is 14.7. The molecule has 6 nitrogen and oxygen atoms in total. The highest BCUT2D eigenvalue weighted by Gasteiger charge is 2.34. The molecule has 0 radical (unpaired) electrons. The van der Waals surface area contributed by atoms with Crippen LogP contribution in [0.5, 0.6) is 0 Å². The third-order valence-corrected chi connectivity index (χ3v) is 4.80. The molecule has 0 unspecified atom stereocenters. The van der Waals surface area contributed by atoms with Crippen LogP contribution in [0.25, 0.3) is 10.9 Å². The molecule has 0 bridgehead atoms. The van der Waals surface area contributed by atoms with E-state index >= 15 is 0 Å². The largest absolute Gasteiger partial charge is 0.418 e. The van der Waals surface area contributed by atoms with Gasteiger partial charge in [-0.2, -0.15) is 13.2 Å². The number of fused-ring (bicyclic) bond motifs is 1. The first-order valence-electron chi connectivity index (χ1n) is 9.36. The zero-order valence-corrected chi connectivity index (χ0v) is 16.2. The van der Waals surface area contributed by atoms with Crippen molar-refractivity contribution in [2.24, 2.45) is 0 Å². The van der Waals surface area contributed by atoms with Crippen LogP contribution in [0.15, 0.2) is 53.3 Å². The van der Waals surface area contributed by atoms with Gasteiger partial charge in [0.05, 0.1) is 17.0 Å². The van der Waals surface area contributed by atoms with Gasteiger partial charge in [-0.25, -0.2) is 0 Å². The number of aromatic nitrogens is 1. The van der Waals surface area contributed by atoms with Gasteiger partial charge in [0.25, 0.3) is 5.91 Å². The van der Waals surface area contributed by atoms with Crippen molar-refractivity contribution in [1.29, 1.82) is 10.8 Å². The number of nitrogens with one attached hydrogen (secondary N) is 4. The molecule has 1 amide bonds. The van der Waals surface area contributed by atoms with Crippen LogP contribution in [-0.2, 0) is 12.6 Å². The number of halogens is 3. The molecule has 2 aromatic carbocycles. The molecule has 160 valence electrons. The highest BCUT2D eigenvalue weighted by Crippen LogP contribution is 2.35. The van der Waals surface area contributed by atoms with Gasteiger partial charge >= 0.3 is 6.18 Å². The Kier molecular flexibility index (Phi) is 6.33. The minimum absolute atomic E-state index is 0.00427. The molecule has 3 aromatic rings. The van der Waals surface area contributed by atoms with Crippen molar-refractivity contribution >= 4 is 29.2 Å². The predicted octanol–water partition coefficient (Wildman–Crippen LogP) is 3.90. The Hall–Kier alpha value is -3.75. The monoisotopic (exact) mass is 428 g/mol. The molecule has 0 fully saturated rings. The van der Waals surface area contributed by atoms with Crippen LogP contribution in [0.4, 0.5) is 13.2 Å². The maximum Gasteiger partial charge on any atom is 0.418 e. The average molecular weight is 428 g/mol. The van der Waals surface area contributed by atoms with Crippen molar-refractivity contribution < 1.29 is 18.0 Å². The third kappa shape index (κ3) is 4.88. The molecule has 0 aliphatic heterocycles. The summed E-state index contributed by atoms with van der Waals surface area (Å²) in [6, 6.07) is 12.3. The fourth-order valence-corrected chi connectivity index (χ4v) is 3.21. The molecular formula is C22H19F3N4O2. The van der Waals surface area contributed by atoms with Crippen molar-refractivity contribution in [1.82, 2.24) is 10.3 Å². The van der Waals surface area contributed by atoms with E-state index in [1.165, 1.54) is 6.07 Å². The van der Waals surface area contributed by atoms with Crippen LogP contribution < -0.4 is 10.7 Å². The van der Waals surface area contributed by atoms with Crippen LogP contribution in [-0.4, -0.2) is 29.9 Å². The van der Waals surface area contributed by atoms with E-state index in [9.17, 15) is 22.8 Å². The van der Waals surface area contributed by atoms with Gasteiger partial charge in [-0.3, -0.25) is 9.59 Å². The normalized spacial score (nSPS) is 12.4. The fourth-order valence-electron chi connectivity index (χ4n) is 3.21. The third-order valence-electron chi connectivity index (χ3n) is 4.80. The number of pyridine rings is 1. The van der Waals surface area contributed by atoms with E-state index in [-0.39, 0.29) is 23.2 Å². The lowest BCUT2D eigenvalue weighted by Gasteiger charge is -2.15. The first-order valence-corrected chi connectivity index (χ1v) is 9.36. The second kappa shape index (κ2) is 8.95. The standard InChI is InChI=1S/C22H19F3N4O2/c23-22(24,25)17-9-14(15(11-26)12-27)8-16-19(30)10-18(29-20(16)17)21(31)28-7-6-13-4-2-1-3-5-13/h1-5,8-12,15,26-27H,6-7H2,(H,28,31)(H,29,30). The van der Waals surface area contributed by atoms with Crippen molar-refractivity contribution in [2.45, 2.75) is 18.5 Å². The second-order valence-corrected chi connectivity index (χ2v) is 6.89. The van der Waals surface area contributed by atoms with Crippen molar-refractivity contribution in [3.63, 3.8) is 0 Å². The molecule has 0 aliphatic rings. The average Bonchev–Trinajstić information content (AvgIpc) is 2.74. The fraction of sp³-hybridized carbons (Fsp3) is 0.182. The highest BCUT2D eigenvalue weighted by atomic mass is 19.4. The Balaban J connectivity index is 1.98. The van der Waals surface area contributed by atoms with Crippen LogP contribution in [0.2, 0.25) is 0 Å². The van der Waals surface area contributed by atoms with E-state index in [4.69, 9.17) is 10.8 Å². The van der Waals surface area contributed by atoms with Crippen LogP contribution in [0.3, 0.4) is 0 Å². The Morgan fingerprint density at radius 1 is 1.10 bits per heavy atom. The van der Waals surface area contributed by atoms with Crippen molar-refractivity contribution in [3.8, 4) is 0 Å². The number of hydrogen-bond donors (Lipinski definition) is 4. The number of H-pyrrole nitrogens is 1. The number of hydrogen-bond acceptors (Lipinski definition) is 4. The summed E-state index contributed by atoms with van der Waals surface area (Å²) in [5.74, 6) is -1.69. The van der Waals surface area contributed by atoms with Gasteiger partial charge in [-0.1, -0.05) is 30.3 Å². The molecule has 0 spiro atoms. The summed E-state index contributed by atoms with van der Waals surface area (Å²) >= 11 is 0. The lowest BCUT2D eigenvalue weighted by molar-refractivity contribution is -0.136. The predicted molar refractivity (Wildman–Crippen MR) is 112 cm³/mol. The molecule has 4 N–H and O–H groups in total. The first kappa shape index (κ1) is 21.9. The minimum Gasteiger partial charge on any atom is -0.350 e. The number of alkyl halides is 3. The van der Waals surface area contributed by atoms with Crippen molar-refractivity contribution in [3.05, 3.63) is 81.1 Å². The minimum atomic E-state index is -4.81. The van der Waals surface area contributed by atoms with Gasteiger partial charge in [-0.05, 0) is 29.7 Å². The van der Waals surface area contributed by atoms with Gasteiger partial charge < -0.3 is 21.1 Å². The van der Waals surface area contributed by atoms with Crippen LogP contribution >= 0.6 is 0 Å². The molecule has 31 heavy (non-hydrogen) atoms. The Bertz CT molecular complexity index is 1180. The molecular weight excluding hydrogens is 409 g/mol. The quantitative estimate of drug-likeness (QED) is 0.428. The molecule has 9 heteroatoms. The van der Waals surface area contributed by atoms with Crippen LogP contribution in [0, 0.1) is 10.8 Å². The Morgan fingerprint density at radius 2 is 1.77 bits per heavy atom. The van der Waals surface area contributed by atoms with E-state index in [2.05, 4.69) is 10.3 Å². The number of benzene rings is 2. The summed E-state index contributed by atoms with van der Waals surface area (Å²) in [5.41, 5.74) is -1.71. The van der Waals surface area contributed by atoms with Gasteiger partial charge in [0.1, 0.15) is 5.69 Å². The maximum atomic E-state index is 13.7. The second-order valence-electron chi connectivity index (χ2n) is 6.89. The molecule has 0 atom stereocenters. The summed E-state index contributed by atoms with van der Waals surface area (Å²) in [7, 11) is 0. The Morgan fingerprint density at radius 3 is 2.39 bits per heavy atom. The van der Waals surface area contributed by atoms with E-state index in [0.717, 1.165) is 30.1 Å². The van der Waals surface area contributed by atoms with Gasteiger partial charge in [0.2, 0.25) is 0 Å². The molecule has 0 saturated carbocycles. The van der Waals surface area contributed by atoms with Gasteiger partial charge in [0, 0.05) is 30.4 Å². The van der Waals surface area contributed by atoms with E-state index in [1.54, 1.807) is 0 Å². The van der Waals surface area contributed by atoms with E-state index in [0.29, 0.717) is 6.42 Å². The molecule has 1 aromatic heterocycles. The number of amides is 1. The highest BCUT2D eigenvalue weighted by molar-refractivity contribution is 5.96. The molecule has 0 aliphatic carbocycles. The van der Waals surface area contributed by atoms with Crippen molar-refractivity contribution in [2.75, 3.05) is 6.54 Å². The number of carbonyl (C=O) groups excluding carboxylic acids is 1. The maximum absolute atomic E-state index is 13.7.